The molecule has 0 radical (unpaired) electrons. The van der Waals surface area contributed by atoms with Crippen molar-refractivity contribution in [2.24, 2.45) is 0 Å². The van der Waals surface area contributed by atoms with Crippen molar-refractivity contribution in [3.8, 4) is 46.0 Å². The first-order chi connectivity index (χ1) is 19.1. The maximum Gasteiger partial charge on any atom is 0.157 e. The summed E-state index contributed by atoms with van der Waals surface area (Å²) in [5.41, 5.74) is 1.49. The zero-order chi connectivity index (χ0) is 28.3. The SMILES string of the molecule is Oc1ccc([C@H]2Oc3cc(O)ccc3[C@H](c3c(O)cc4c(c3O)C[C@@H](O)[C@@H](c3ccc(O)c(O)c3)O4)[C@@H]2O)cc1. The van der Waals surface area contributed by atoms with E-state index in [0.717, 1.165) is 0 Å². The van der Waals surface area contributed by atoms with Crippen molar-refractivity contribution in [2.45, 2.75) is 36.8 Å². The first-order valence-electron chi connectivity index (χ1n) is 12.5. The minimum atomic E-state index is -1.32. The smallest absolute Gasteiger partial charge is 0.157 e. The summed E-state index contributed by atoms with van der Waals surface area (Å²) in [6.45, 7) is 0. The molecule has 0 amide bonds. The Kier molecular flexibility index (Phi) is 6.01. The van der Waals surface area contributed by atoms with Crippen LogP contribution in [0.1, 0.15) is 45.9 Å². The quantitative estimate of drug-likeness (QED) is 0.177. The Morgan fingerprint density at radius 3 is 2.00 bits per heavy atom. The van der Waals surface area contributed by atoms with E-state index in [2.05, 4.69) is 0 Å². The van der Waals surface area contributed by atoms with Crippen LogP contribution in [0.3, 0.4) is 0 Å². The molecule has 4 aromatic carbocycles. The second kappa shape index (κ2) is 9.44. The number of ether oxygens (including phenoxy) is 2. The van der Waals surface area contributed by atoms with Gasteiger partial charge in [-0.1, -0.05) is 24.3 Å². The average molecular weight is 547 g/mol. The number of aliphatic hydroxyl groups excluding tert-OH is 2. The lowest BCUT2D eigenvalue weighted by atomic mass is 9.78. The molecule has 206 valence electrons. The highest BCUT2D eigenvalue weighted by molar-refractivity contribution is 5.63. The molecule has 0 saturated heterocycles. The molecule has 0 aliphatic carbocycles. The van der Waals surface area contributed by atoms with Gasteiger partial charge in [-0.2, -0.15) is 0 Å². The number of aromatic hydroxyl groups is 6. The van der Waals surface area contributed by atoms with Gasteiger partial charge < -0.3 is 50.3 Å². The molecule has 0 fully saturated rings. The second-order valence-electron chi connectivity index (χ2n) is 10.0. The first kappa shape index (κ1) is 25.5. The fourth-order valence-electron chi connectivity index (χ4n) is 5.54. The summed E-state index contributed by atoms with van der Waals surface area (Å²) in [4.78, 5) is 0. The van der Waals surface area contributed by atoms with Gasteiger partial charge in [-0.3, -0.25) is 0 Å². The minimum absolute atomic E-state index is 0.0122. The van der Waals surface area contributed by atoms with Crippen molar-refractivity contribution in [1.82, 2.24) is 0 Å². The third kappa shape index (κ3) is 4.14. The molecule has 0 saturated carbocycles. The van der Waals surface area contributed by atoms with E-state index < -0.39 is 30.3 Å². The number of rotatable bonds is 3. The van der Waals surface area contributed by atoms with Crippen LogP contribution >= 0.6 is 0 Å². The van der Waals surface area contributed by atoms with Gasteiger partial charge in [-0.25, -0.2) is 0 Å². The molecular weight excluding hydrogens is 520 g/mol. The molecule has 8 N–H and O–H groups in total. The fraction of sp³-hybridized carbons (Fsp3) is 0.200. The van der Waals surface area contributed by atoms with Crippen molar-refractivity contribution < 1.29 is 50.3 Å². The third-order valence-corrected chi connectivity index (χ3v) is 7.50. The third-order valence-electron chi connectivity index (χ3n) is 7.50. The van der Waals surface area contributed by atoms with Gasteiger partial charge in [0.15, 0.2) is 17.6 Å². The van der Waals surface area contributed by atoms with Gasteiger partial charge in [0.05, 0.1) is 6.10 Å². The Bertz CT molecular complexity index is 1600. The van der Waals surface area contributed by atoms with Crippen LogP contribution in [0.4, 0.5) is 0 Å². The standard InChI is InChI=1S/C30H26O10/c31-15-4-1-13(2-5-15)30-28(38)25(17-7-6-16(32)10-23(17)40-30)26-21(35)12-24-18(27(26)37)11-22(36)29(39-24)14-3-8-19(33)20(34)9-14/h1-10,12,22,25,28-38H,11H2/t22-,25-,28+,29-,30-/m1/s1. The monoisotopic (exact) mass is 546 g/mol. The maximum absolute atomic E-state index is 11.6. The molecule has 0 aromatic heterocycles. The predicted molar refractivity (Wildman–Crippen MR) is 140 cm³/mol. The van der Waals surface area contributed by atoms with Crippen molar-refractivity contribution in [1.29, 1.82) is 0 Å². The number of fused-ring (bicyclic) bond motifs is 2. The zero-order valence-electron chi connectivity index (χ0n) is 20.8. The molecule has 40 heavy (non-hydrogen) atoms. The molecule has 2 aliphatic rings. The molecule has 4 aromatic rings. The average Bonchev–Trinajstić information content (AvgIpc) is 2.92. The summed E-state index contributed by atoms with van der Waals surface area (Å²) in [6.07, 6.45) is -4.50. The van der Waals surface area contributed by atoms with Crippen LogP contribution in [-0.2, 0) is 6.42 Å². The van der Waals surface area contributed by atoms with Gasteiger partial charge in [0, 0.05) is 41.2 Å². The molecule has 2 heterocycles. The van der Waals surface area contributed by atoms with Crippen LogP contribution in [-0.4, -0.2) is 53.1 Å². The van der Waals surface area contributed by atoms with Crippen molar-refractivity contribution in [3.63, 3.8) is 0 Å². The van der Waals surface area contributed by atoms with Gasteiger partial charge in [0.1, 0.15) is 46.7 Å². The van der Waals surface area contributed by atoms with E-state index in [1.807, 2.05) is 0 Å². The van der Waals surface area contributed by atoms with E-state index in [-0.39, 0.29) is 63.5 Å². The Balaban J connectivity index is 1.44. The number of hydrogen-bond donors (Lipinski definition) is 8. The number of aliphatic hydroxyl groups is 2. The number of phenols is 6. The summed E-state index contributed by atoms with van der Waals surface area (Å²) >= 11 is 0. The van der Waals surface area contributed by atoms with Crippen molar-refractivity contribution >= 4 is 0 Å². The molecule has 0 spiro atoms. The fourth-order valence-corrected chi connectivity index (χ4v) is 5.54. The number of hydrogen-bond acceptors (Lipinski definition) is 10. The van der Waals surface area contributed by atoms with E-state index >= 15 is 0 Å². The molecule has 0 unspecified atom stereocenters. The van der Waals surface area contributed by atoms with E-state index in [1.165, 1.54) is 54.6 Å². The van der Waals surface area contributed by atoms with Crippen LogP contribution in [0.15, 0.2) is 66.7 Å². The molecule has 6 rings (SSSR count). The summed E-state index contributed by atoms with van der Waals surface area (Å²) in [5, 5.41) is 84.5. The van der Waals surface area contributed by atoms with Gasteiger partial charge in [0.2, 0.25) is 0 Å². The Labute approximate surface area is 227 Å². The predicted octanol–water partition coefficient (Wildman–Crippen LogP) is 3.58. The van der Waals surface area contributed by atoms with Crippen LogP contribution in [0, 0.1) is 0 Å². The Hall–Kier alpha value is -4.80. The van der Waals surface area contributed by atoms with Crippen molar-refractivity contribution in [3.05, 3.63) is 94.5 Å². The van der Waals surface area contributed by atoms with E-state index in [4.69, 9.17) is 9.47 Å². The number of benzene rings is 4. The molecule has 5 atom stereocenters. The first-order valence-corrected chi connectivity index (χ1v) is 12.5. The Morgan fingerprint density at radius 2 is 1.27 bits per heavy atom. The molecular formula is C30H26O10. The molecule has 2 aliphatic heterocycles. The summed E-state index contributed by atoms with van der Waals surface area (Å²) < 4.78 is 12.0. The lowest BCUT2D eigenvalue weighted by Crippen LogP contribution is -2.35. The van der Waals surface area contributed by atoms with Crippen molar-refractivity contribution in [2.75, 3.05) is 0 Å². The van der Waals surface area contributed by atoms with E-state index in [0.29, 0.717) is 16.7 Å². The zero-order valence-corrected chi connectivity index (χ0v) is 20.8. The van der Waals surface area contributed by atoms with Gasteiger partial charge >= 0.3 is 0 Å². The van der Waals surface area contributed by atoms with Crippen LogP contribution in [0.2, 0.25) is 0 Å². The highest BCUT2D eigenvalue weighted by atomic mass is 16.5. The van der Waals surface area contributed by atoms with E-state index in [9.17, 15) is 40.9 Å². The lowest BCUT2D eigenvalue weighted by Gasteiger charge is -2.39. The largest absolute Gasteiger partial charge is 0.508 e. The van der Waals surface area contributed by atoms with Crippen LogP contribution < -0.4 is 9.47 Å². The minimum Gasteiger partial charge on any atom is -0.508 e. The summed E-state index contributed by atoms with van der Waals surface area (Å²) in [7, 11) is 0. The summed E-state index contributed by atoms with van der Waals surface area (Å²) in [6, 6.07) is 15.6. The van der Waals surface area contributed by atoms with Gasteiger partial charge in [-0.05, 0) is 41.5 Å². The molecule has 10 heteroatoms. The summed E-state index contributed by atoms with van der Waals surface area (Å²) in [5.74, 6) is -2.22. The highest BCUT2D eigenvalue weighted by Gasteiger charge is 2.43. The van der Waals surface area contributed by atoms with Gasteiger partial charge in [-0.15, -0.1) is 0 Å². The topological polar surface area (TPSA) is 180 Å². The van der Waals surface area contributed by atoms with E-state index in [1.54, 1.807) is 12.1 Å². The molecule has 0 bridgehead atoms. The molecule has 10 nitrogen and oxygen atoms in total. The second-order valence-corrected chi connectivity index (χ2v) is 10.0. The van der Waals surface area contributed by atoms with Crippen LogP contribution in [0.25, 0.3) is 0 Å². The van der Waals surface area contributed by atoms with Crippen LogP contribution in [0.5, 0.6) is 46.0 Å². The normalized spacial score (nSPS) is 23.4. The number of phenolic OH excluding ortho intramolecular Hbond substituents is 6. The van der Waals surface area contributed by atoms with Gasteiger partial charge in [0.25, 0.3) is 0 Å². The highest BCUT2D eigenvalue weighted by Crippen LogP contribution is 2.54. The lowest BCUT2D eigenvalue weighted by molar-refractivity contribution is 0.00667. The maximum atomic E-state index is 11.6. The Morgan fingerprint density at radius 1 is 0.600 bits per heavy atom.